The van der Waals surface area contributed by atoms with E-state index in [4.69, 9.17) is 0 Å². The molecule has 1 unspecified atom stereocenters. The van der Waals surface area contributed by atoms with Gasteiger partial charge in [-0.25, -0.2) is 0 Å². The van der Waals surface area contributed by atoms with Crippen LogP contribution in [0.2, 0.25) is 0 Å². The molecule has 2 rings (SSSR count). The average Bonchev–Trinajstić information content (AvgIpc) is 2.41. The monoisotopic (exact) mass is 222 g/mol. The zero-order valence-electron chi connectivity index (χ0n) is 11.6. The minimum Gasteiger partial charge on any atom is -0.0625 e. The number of hydrogen-bond acceptors (Lipinski definition) is 0. The lowest BCUT2D eigenvalue weighted by Crippen LogP contribution is -2.30. The average molecular weight is 222 g/mol. The van der Waals surface area contributed by atoms with E-state index < -0.39 is 0 Å². The Morgan fingerprint density at radius 2 is 1.62 bits per heavy atom. The second-order valence-corrected chi connectivity index (χ2v) is 7.14. The van der Waals surface area contributed by atoms with Crippen molar-refractivity contribution in [3.63, 3.8) is 0 Å². The lowest BCUT2D eigenvalue weighted by molar-refractivity contribution is 0.0961. The molecule has 0 heteroatoms. The third-order valence-corrected chi connectivity index (χ3v) is 5.47. The first-order chi connectivity index (χ1) is 7.61. The molecular formula is C16H30. The summed E-state index contributed by atoms with van der Waals surface area (Å²) < 4.78 is 0. The van der Waals surface area contributed by atoms with Crippen LogP contribution in [0, 0.1) is 23.2 Å². The van der Waals surface area contributed by atoms with E-state index in [1.807, 2.05) is 0 Å². The van der Waals surface area contributed by atoms with E-state index in [-0.39, 0.29) is 0 Å². The van der Waals surface area contributed by atoms with Crippen molar-refractivity contribution in [2.75, 3.05) is 0 Å². The van der Waals surface area contributed by atoms with Gasteiger partial charge >= 0.3 is 0 Å². The maximum absolute atomic E-state index is 2.49. The van der Waals surface area contributed by atoms with Crippen molar-refractivity contribution in [1.29, 1.82) is 0 Å². The largest absolute Gasteiger partial charge is 0.0625 e. The van der Waals surface area contributed by atoms with Gasteiger partial charge < -0.3 is 0 Å². The van der Waals surface area contributed by atoms with Crippen molar-refractivity contribution in [1.82, 2.24) is 0 Å². The van der Waals surface area contributed by atoms with Gasteiger partial charge in [-0.1, -0.05) is 40.0 Å². The van der Waals surface area contributed by atoms with Crippen LogP contribution >= 0.6 is 0 Å². The SMILES string of the molecule is CC1CCCCC2(CCC(C(C)C)CC2)C1. The second-order valence-electron chi connectivity index (χ2n) is 7.14. The zero-order valence-corrected chi connectivity index (χ0v) is 11.6. The van der Waals surface area contributed by atoms with Crippen molar-refractivity contribution >= 4 is 0 Å². The quantitative estimate of drug-likeness (QED) is 0.556. The molecule has 0 amide bonds. The van der Waals surface area contributed by atoms with Gasteiger partial charge in [-0.05, 0) is 61.7 Å². The molecule has 0 aromatic rings. The van der Waals surface area contributed by atoms with Crippen molar-refractivity contribution in [3.05, 3.63) is 0 Å². The predicted octanol–water partition coefficient (Wildman–Crippen LogP) is 5.42. The Hall–Kier alpha value is 0. The van der Waals surface area contributed by atoms with E-state index in [0.717, 1.165) is 23.2 Å². The zero-order chi connectivity index (χ0) is 11.6. The van der Waals surface area contributed by atoms with Crippen LogP contribution in [0.25, 0.3) is 0 Å². The van der Waals surface area contributed by atoms with E-state index in [9.17, 15) is 0 Å². The van der Waals surface area contributed by atoms with Crippen LogP contribution in [0.15, 0.2) is 0 Å². The summed E-state index contributed by atoms with van der Waals surface area (Å²) in [5.74, 6) is 2.95. The summed E-state index contributed by atoms with van der Waals surface area (Å²) in [6.45, 7) is 7.32. The first-order valence-corrected chi connectivity index (χ1v) is 7.61. The third kappa shape index (κ3) is 2.81. The fourth-order valence-electron chi connectivity index (χ4n) is 4.31. The molecule has 2 fully saturated rings. The Morgan fingerprint density at radius 3 is 2.25 bits per heavy atom. The second kappa shape index (κ2) is 5.10. The molecule has 16 heavy (non-hydrogen) atoms. The fraction of sp³-hybridized carbons (Fsp3) is 1.00. The summed E-state index contributed by atoms with van der Waals surface area (Å²) in [5.41, 5.74) is 0.779. The van der Waals surface area contributed by atoms with Gasteiger partial charge in [0.1, 0.15) is 0 Å². The van der Waals surface area contributed by atoms with Crippen molar-refractivity contribution in [2.45, 2.75) is 78.6 Å². The van der Waals surface area contributed by atoms with Gasteiger partial charge in [0, 0.05) is 0 Å². The Bertz CT molecular complexity index is 208. The highest BCUT2D eigenvalue weighted by Crippen LogP contribution is 2.50. The van der Waals surface area contributed by atoms with Gasteiger partial charge in [0.15, 0.2) is 0 Å². The molecule has 0 saturated heterocycles. The van der Waals surface area contributed by atoms with Crippen LogP contribution in [0.1, 0.15) is 78.6 Å². The molecule has 94 valence electrons. The first-order valence-electron chi connectivity index (χ1n) is 7.61. The molecule has 0 nitrogen and oxygen atoms in total. The number of rotatable bonds is 1. The molecule has 2 saturated carbocycles. The van der Waals surface area contributed by atoms with Crippen LogP contribution in [0.5, 0.6) is 0 Å². The molecule has 0 heterocycles. The summed E-state index contributed by atoms with van der Waals surface area (Å²) in [6, 6.07) is 0. The van der Waals surface area contributed by atoms with E-state index in [1.54, 1.807) is 19.3 Å². The number of hydrogen-bond donors (Lipinski definition) is 0. The Balaban J connectivity index is 1.94. The molecule has 0 radical (unpaired) electrons. The molecule has 1 spiro atoms. The Morgan fingerprint density at radius 1 is 0.938 bits per heavy atom. The van der Waals surface area contributed by atoms with E-state index in [2.05, 4.69) is 20.8 Å². The Kier molecular flexibility index (Phi) is 3.97. The predicted molar refractivity (Wildman–Crippen MR) is 71.5 cm³/mol. The van der Waals surface area contributed by atoms with Crippen molar-refractivity contribution < 1.29 is 0 Å². The summed E-state index contributed by atoms with van der Waals surface area (Å²) in [5, 5.41) is 0. The molecule has 0 aliphatic heterocycles. The van der Waals surface area contributed by atoms with Crippen LogP contribution in [-0.4, -0.2) is 0 Å². The van der Waals surface area contributed by atoms with E-state index in [1.165, 1.54) is 38.5 Å². The van der Waals surface area contributed by atoms with Gasteiger partial charge in [0.05, 0.1) is 0 Å². The van der Waals surface area contributed by atoms with Gasteiger partial charge in [-0.15, -0.1) is 0 Å². The fourth-order valence-corrected chi connectivity index (χ4v) is 4.31. The van der Waals surface area contributed by atoms with Crippen LogP contribution in [0.3, 0.4) is 0 Å². The molecule has 2 aliphatic rings. The smallest absolute Gasteiger partial charge is 0.0295 e. The maximum atomic E-state index is 2.49. The summed E-state index contributed by atoms with van der Waals surface area (Å²) in [7, 11) is 0. The highest BCUT2D eigenvalue weighted by atomic mass is 14.4. The lowest BCUT2D eigenvalue weighted by atomic mass is 9.64. The maximum Gasteiger partial charge on any atom is -0.0295 e. The minimum absolute atomic E-state index is 0.779. The normalized spacial score (nSPS) is 41.2. The van der Waals surface area contributed by atoms with Crippen molar-refractivity contribution in [3.8, 4) is 0 Å². The highest BCUT2D eigenvalue weighted by Gasteiger charge is 2.37. The summed E-state index contributed by atoms with van der Waals surface area (Å²) >= 11 is 0. The molecule has 2 aliphatic carbocycles. The lowest BCUT2D eigenvalue weighted by Gasteiger charge is -2.42. The topological polar surface area (TPSA) is 0 Å². The van der Waals surface area contributed by atoms with Gasteiger partial charge in [-0.3, -0.25) is 0 Å². The molecular weight excluding hydrogens is 192 g/mol. The van der Waals surface area contributed by atoms with Crippen LogP contribution in [0.4, 0.5) is 0 Å². The van der Waals surface area contributed by atoms with E-state index in [0.29, 0.717) is 0 Å². The third-order valence-electron chi connectivity index (χ3n) is 5.47. The van der Waals surface area contributed by atoms with Crippen LogP contribution < -0.4 is 0 Å². The van der Waals surface area contributed by atoms with Gasteiger partial charge in [0.2, 0.25) is 0 Å². The van der Waals surface area contributed by atoms with Gasteiger partial charge in [-0.2, -0.15) is 0 Å². The highest BCUT2D eigenvalue weighted by molar-refractivity contribution is 4.89. The Labute approximate surface area is 102 Å². The molecule has 0 bridgehead atoms. The molecule has 0 aromatic carbocycles. The molecule has 1 atom stereocenters. The standard InChI is InChI=1S/C16H30/c1-13(2)15-7-10-16(11-8-15)9-5-4-6-14(3)12-16/h13-15H,4-12H2,1-3H3. The van der Waals surface area contributed by atoms with Gasteiger partial charge in [0.25, 0.3) is 0 Å². The molecule has 0 aromatic heterocycles. The van der Waals surface area contributed by atoms with Crippen LogP contribution in [-0.2, 0) is 0 Å². The first kappa shape index (κ1) is 12.5. The summed E-state index contributed by atoms with van der Waals surface area (Å²) in [6.07, 6.45) is 13.7. The van der Waals surface area contributed by atoms with Crippen molar-refractivity contribution in [2.24, 2.45) is 23.2 Å². The van der Waals surface area contributed by atoms with E-state index >= 15 is 0 Å². The minimum atomic E-state index is 0.779. The summed E-state index contributed by atoms with van der Waals surface area (Å²) in [4.78, 5) is 0. The molecule has 0 N–H and O–H groups in total.